The normalized spacial score (nSPS) is 11.8. The second kappa shape index (κ2) is 13.0. The molecule has 8 nitrogen and oxygen atoms in total. The van der Waals surface area contributed by atoms with Crippen LogP contribution in [-0.4, -0.2) is 31.8 Å². The molecule has 5 aromatic rings. The van der Waals surface area contributed by atoms with E-state index in [-0.39, 0.29) is 21.8 Å². The Balaban J connectivity index is 1.69. The first kappa shape index (κ1) is 29.7. The number of carbonyl (C=O) groups excluding carboxylic acids is 1. The molecule has 0 saturated heterocycles. The van der Waals surface area contributed by atoms with Crippen LogP contribution in [0.4, 0.5) is 5.69 Å². The van der Waals surface area contributed by atoms with E-state index >= 15 is 0 Å². The summed E-state index contributed by atoms with van der Waals surface area (Å²) in [4.78, 5) is 45.8. The minimum atomic E-state index is -0.620. The van der Waals surface area contributed by atoms with E-state index in [9.17, 15) is 19.7 Å². The van der Waals surface area contributed by atoms with Crippen LogP contribution in [0.25, 0.3) is 16.6 Å². The molecule has 218 valence electrons. The fourth-order valence-corrected chi connectivity index (χ4v) is 5.54. The van der Waals surface area contributed by atoms with Gasteiger partial charge in [0.2, 0.25) is 0 Å². The monoisotopic (exact) mass is 594 g/mol. The average molecular weight is 595 g/mol. The third-order valence-electron chi connectivity index (χ3n) is 7.60. The second-order valence-corrected chi connectivity index (χ2v) is 10.6. The minimum Gasteiger partial charge on any atom is -0.328 e. The van der Waals surface area contributed by atoms with Gasteiger partial charge in [-0.1, -0.05) is 80.0 Å². The molecule has 0 radical (unpaired) electrons. The lowest BCUT2D eigenvalue weighted by atomic mass is 10.1. The number of para-hydroxylation sites is 1. The van der Waals surface area contributed by atoms with Gasteiger partial charge >= 0.3 is 0 Å². The van der Waals surface area contributed by atoms with E-state index in [0.29, 0.717) is 41.8 Å². The molecule has 1 unspecified atom stereocenters. The van der Waals surface area contributed by atoms with Crippen LogP contribution in [0, 0.1) is 10.1 Å². The van der Waals surface area contributed by atoms with Gasteiger partial charge in [0.15, 0.2) is 0 Å². The number of halogens is 1. The third kappa shape index (κ3) is 6.20. The van der Waals surface area contributed by atoms with Crippen molar-refractivity contribution in [1.29, 1.82) is 0 Å². The van der Waals surface area contributed by atoms with Gasteiger partial charge in [0.1, 0.15) is 5.82 Å². The van der Waals surface area contributed by atoms with Gasteiger partial charge in [-0.2, -0.15) is 0 Å². The van der Waals surface area contributed by atoms with Crippen molar-refractivity contribution in [2.45, 2.75) is 39.2 Å². The van der Waals surface area contributed by atoms with Gasteiger partial charge in [-0.05, 0) is 60.7 Å². The number of carbonyl (C=O) groups is 1. The highest BCUT2D eigenvalue weighted by Gasteiger charge is 2.31. The molecule has 0 saturated carbocycles. The highest BCUT2D eigenvalue weighted by atomic mass is 35.5. The molecule has 9 heteroatoms. The number of nitro benzene ring substituents is 1. The molecule has 0 aliphatic carbocycles. The number of non-ortho nitro benzene ring substituents is 1. The molecule has 1 heterocycles. The molecule has 0 aliphatic heterocycles. The predicted molar refractivity (Wildman–Crippen MR) is 169 cm³/mol. The molecule has 0 spiro atoms. The quantitative estimate of drug-likeness (QED) is 0.124. The van der Waals surface area contributed by atoms with E-state index in [0.717, 1.165) is 17.5 Å². The van der Waals surface area contributed by atoms with Gasteiger partial charge in [0.05, 0.1) is 38.1 Å². The lowest BCUT2D eigenvalue weighted by molar-refractivity contribution is -0.384. The molecule has 1 amide bonds. The molecule has 0 bridgehead atoms. The first-order chi connectivity index (χ1) is 20.8. The van der Waals surface area contributed by atoms with E-state index < -0.39 is 16.9 Å². The second-order valence-electron chi connectivity index (χ2n) is 10.2. The van der Waals surface area contributed by atoms with Crippen LogP contribution in [-0.2, 0) is 12.8 Å². The van der Waals surface area contributed by atoms with Crippen molar-refractivity contribution < 1.29 is 9.72 Å². The maximum atomic E-state index is 14.3. The van der Waals surface area contributed by atoms with Gasteiger partial charge in [-0.25, -0.2) is 4.98 Å². The van der Waals surface area contributed by atoms with Crippen molar-refractivity contribution in [3.63, 3.8) is 0 Å². The van der Waals surface area contributed by atoms with Gasteiger partial charge in [0, 0.05) is 18.7 Å². The summed E-state index contributed by atoms with van der Waals surface area (Å²) in [6.45, 7) is 4.31. The first-order valence-electron chi connectivity index (χ1n) is 14.2. The van der Waals surface area contributed by atoms with Crippen molar-refractivity contribution in [3.05, 3.63) is 145 Å². The Morgan fingerprint density at radius 1 is 0.953 bits per heavy atom. The number of aromatic nitrogens is 2. The van der Waals surface area contributed by atoms with Gasteiger partial charge < -0.3 is 4.90 Å². The van der Waals surface area contributed by atoms with Crippen LogP contribution >= 0.6 is 11.6 Å². The molecule has 0 aliphatic rings. The van der Waals surface area contributed by atoms with Crippen LogP contribution < -0.4 is 5.56 Å². The summed E-state index contributed by atoms with van der Waals surface area (Å²) in [6.07, 6.45) is 1.84. The van der Waals surface area contributed by atoms with Crippen molar-refractivity contribution >= 4 is 34.1 Å². The summed E-state index contributed by atoms with van der Waals surface area (Å²) in [5, 5.41) is 11.8. The Hall–Kier alpha value is -4.82. The standard InChI is InChI=1S/C34H31ClN4O4/c1-3-23-14-16-25(17-15-23)38-32(36-30-13-9-8-12-28(30)34(38)41)31(4-2)37(21-20-24-10-6-5-7-11-24)33(40)27-19-18-26(39(42)43)22-29(27)35/h5-19,22,31H,3-4,20-21H2,1-2H3. The predicted octanol–water partition coefficient (Wildman–Crippen LogP) is 7.35. The van der Waals surface area contributed by atoms with E-state index in [1.54, 1.807) is 27.7 Å². The zero-order valence-corrected chi connectivity index (χ0v) is 24.7. The lowest BCUT2D eigenvalue weighted by Crippen LogP contribution is -2.40. The van der Waals surface area contributed by atoms with E-state index in [1.807, 2.05) is 67.6 Å². The molecular formula is C34H31ClN4O4. The summed E-state index contributed by atoms with van der Waals surface area (Å²) in [7, 11) is 0. The third-order valence-corrected chi connectivity index (χ3v) is 7.92. The highest BCUT2D eigenvalue weighted by molar-refractivity contribution is 6.34. The summed E-state index contributed by atoms with van der Waals surface area (Å²) >= 11 is 6.46. The Bertz CT molecular complexity index is 1840. The van der Waals surface area contributed by atoms with Crippen LogP contribution in [0.3, 0.4) is 0 Å². The fraction of sp³-hybridized carbons (Fsp3) is 0.206. The molecule has 43 heavy (non-hydrogen) atoms. The number of nitro groups is 1. The van der Waals surface area contributed by atoms with Gasteiger partial charge in [-0.15, -0.1) is 0 Å². The Morgan fingerprint density at radius 2 is 1.65 bits per heavy atom. The van der Waals surface area contributed by atoms with Crippen molar-refractivity contribution in [2.75, 3.05) is 6.54 Å². The number of hydrogen-bond donors (Lipinski definition) is 0. The molecule has 1 atom stereocenters. The molecule has 1 aromatic heterocycles. The Labute approximate surface area is 254 Å². The Kier molecular flexibility index (Phi) is 8.97. The molecular weight excluding hydrogens is 564 g/mol. The molecule has 0 fully saturated rings. The van der Waals surface area contributed by atoms with Crippen LogP contribution in [0.15, 0.2) is 102 Å². The highest BCUT2D eigenvalue weighted by Crippen LogP contribution is 2.31. The number of aryl methyl sites for hydroxylation is 1. The van der Waals surface area contributed by atoms with Gasteiger partial charge in [0.25, 0.3) is 17.2 Å². The zero-order valence-electron chi connectivity index (χ0n) is 23.9. The summed E-state index contributed by atoms with van der Waals surface area (Å²) in [5.41, 5.74) is 3.05. The zero-order chi connectivity index (χ0) is 30.5. The van der Waals surface area contributed by atoms with Crippen molar-refractivity contribution in [1.82, 2.24) is 14.5 Å². The number of rotatable bonds is 10. The smallest absolute Gasteiger partial charge is 0.270 e. The van der Waals surface area contributed by atoms with Crippen LogP contribution in [0.1, 0.15) is 53.6 Å². The topological polar surface area (TPSA) is 98.3 Å². The number of amides is 1. The largest absolute Gasteiger partial charge is 0.328 e. The summed E-state index contributed by atoms with van der Waals surface area (Å²) in [6, 6.07) is 27.9. The van der Waals surface area contributed by atoms with Gasteiger partial charge in [-0.3, -0.25) is 24.3 Å². The number of fused-ring (bicyclic) bond motifs is 1. The Morgan fingerprint density at radius 3 is 2.30 bits per heavy atom. The van der Waals surface area contributed by atoms with Crippen molar-refractivity contribution in [3.8, 4) is 5.69 Å². The minimum absolute atomic E-state index is 0.0159. The summed E-state index contributed by atoms with van der Waals surface area (Å²) in [5.74, 6) is 0.0212. The lowest BCUT2D eigenvalue weighted by Gasteiger charge is -2.33. The number of hydrogen-bond acceptors (Lipinski definition) is 5. The molecule has 0 N–H and O–H groups in total. The molecule has 4 aromatic carbocycles. The maximum absolute atomic E-state index is 14.3. The van der Waals surface area contributed by atoms with Crippen molar-refractivity contribution in [2.24, 2.45) is 0 Å². The number of benzene rings is 4. The molecule has 5 rings (SSSR count). The first-order valence-corrected chi connectivity index (χ1v) is 14.6. The maximum Gasteiger partial charge on any atom is 0.270 e. The fourth-order valence-electron chi connectivity index (χ4n) is 5.28. The van der Waals surface area contributed by atoms with Crippen LogP contribution in [0.5, 0.6) is 0 Å². The SMILES string of the molecule is CCc1ccc(-n2c(C(CC)N(CCc3ccccc3)C(=O)c3ccc([N+](=O)[O-])cc3Cl)nc3ccccc3c2=O)cc1. The van der Waals surface area contributed by atoms with E-state index in [1.165, 1.54) is 18.2 Å². The summed E-state index contributed by atoms with van der Waals surface area (Å²) < 4.78 is 1.59. The average Bonchev–Trinajstić information content (AvgIpc) is 3.03. The van der Waals surface area contributed by atoms with E-state index in [2.05, 4.69) is 6.92 Å². The van der Waals surface area contributed by atoms with Crippen LogP contribution in [0.2, 0.25) is 5.02 Å². The van der Waals surface area contributed by atoms with E-state index in [4.69, 9.17) is 16.6 Å². The number of nitrogens with zero attached hydrogens (tertiary/aromatic N) is 4.